The van der Waals surface area contributed by atoms with E-state index in [4.69, 9.17) is 16.9 Å². The number of carbonyl (C=O) groups is 2. The van der Waals surface area contributed by atoms with Gasteiger partial charge in [0.25, 0.3) is 11.8 Å². The Hall–Kier alpha value is -3.02. The minimum absolute atomic E-state index is 0.0929. The highest BCUT2D eigenvalue weighted by molar-refractivity contribution is 6.30. The van der Waals surface area contributed by atoms with Crippen LogP contribution in [0.2, 0.25) is 5.02 Å². The summed E-state index contributed by atoms with van der Waals surface area (Å²) in [6.45, 7) is 0.0203. The number of nitriles is 1. The van der Waals surface area contributed by atoms with Gasteiger partial charge in [-0.1, -0.05) is 11.6 Å². The molecular formula is C18H14ClFN4O3. The van der Waals surface area contributed by atoms with Crippen LogP contribution in [0.5, 0.6) is 0 Å². The van der Waals surface area contributed by atoms with Crippen LogP contribution in [0.15, 0.2) is 36.5 Å². The molecule has 0 bridgehead atoms. The number of hydrogen-bond donors (Lipinski definition) is 2. The van der Waals surface area contributed by atoms with E-state index in [-0.39, 0.29) is 30.2 Å². The van der Waals surface area contributed by atoms with Crippen molar-refractivity contribution in [3.05, 3.63) is 58.6 Å². The van der Waals surface area contributed by atoms with Gasteiger partial charge in [0.1, 0.15) is 17.6 Å². The summed E-state index contributed by atoms with van der Waals surface area (Å²) in [4.78, 5) is 30.1. The molecule has 2 aromatic rings. The van der Waals surface area contributed by atoms with Crippen LogP contribution < -0.4 is 10.2 Å². The first-order valence-electron chi connectivity index (χ1n) is 7.97. The highest BCUT2D eigenvalue weighted by atomic mass is 35.5. The number of nitrogens with one attached hydrogen (secondary N) is 1. The lowest BCUT2D eigenvalue weighted by atomic mass is 10.0. The van der Waals surface area contributed by atoms with Crippen molar-refractivity contribution in [1.29, 1.82) is 5.26 Å². The summed E-state index contributed by atoms with van der Waals surface area (Å²) >= 11 is 5.76. The Morgan fingerprint density at radius 3 is 2.85 bits per heavy atom. The van der Waals surface area contributed by atoms with Crippen molar-refractivity contribution in [3.8, 4) is 6.07 Å². The van der Waals surface area contributed by atoms with Crippen LogP contribution in [0.3, 0.4) is 0 Å². The molecule has 1 unspecified atom stereocenters. The topological polar surface area (TPSA) is 106 Å². The monoisotopic (exact) mass is 388 g/mol. The van der Waals surface area contributed by atoms with E-state index in [1.54, 1.807) is 0 Å². The van der Waals surface area contributed by atoms with E-state index in [1.165, 1.54) is 35.4 Å². The van der Waals surface area contributed by atoms with Gasteiger partial charge < -0.3 is 15.3 Å². The van der Waals surface area contributed by atoms with Crippen LogP contribution >= 0.6 is 11.6 Å². The van der Waals surface area contributed by atoms with E-state index >= 15 is 0 Å². The molecule has 1 aromatic heterocycles. The number of benzene rings is 1. The molecule has 0 spiro atoms. The summed E-state index contributed by atoms with van der Waals surface area (Å²) in [5.74, 6) is -2.22. The second-order valence-corrected chi connectivity index (χ2v) is 6.48. The molecule has 1 aliphatic rings. The lowest BCUT2D eigenvalue weighted by molar-refractivity contribution is -0.149. The number of carbonyl (C=O) groups excluding carboxylic acids is 2. The van der Waals surface area contributed by atoms with Crippen LogP contribution in [0.25, 0.3) is 0 Å². The van der Waals surface area contributed by atoms with Crippen LogP contribution in [-0.4, -0.2) is 34.1 Å². The Morgan fingerprint density at radius 2 is 2.22 bits per heavy atom. The Kier molecular flexibility index (Phi) is 5.08. The second-order valence-electron chi connectivity index (χ2n) is 6.04. The molecule has 27 heavy (non-hydrogen) atoms. The lowest BCUT2D eigenvalue weighted by Crippen LogP contribution is -2.52. The summed E-state index contributed by atoms with van der Waals surface area (Å²) in [6, 6.07) is 8.62. The average molecular weight is 389 g/mol. The van der Waals surface area contributed by atoms with Gasteiger partial charge in [-0.05, 0) is 35.9 Å². The van der Waals surface area contributed by atoms with E-state index < -0.39 is 23.2 Å². The van der Waals surface area contributed by atoms with Gasteiger partial charge in [-0.15, -0.1) is 0 Å². The predicted molar refractivity (Wildman–Crippen MR) is 94.1 cm³/mol. The molecule has 7 nitrogen and oxygen atoms in total. The van der Waals surface area contributed by atoms with Crippen molar-refractivity contribution < 1.29 is 19.1 Å². The molecule has 0 aliphatic carbocycles. The third kappa shape index (κ3) is 3.74. The highest BCUT2D eigenvalue weighted by Crippen LogP contribution is 2.28. The first-order valence-corrected chi connectivity index (χ1v) is 8.35. The van der Waals surface area contributed by atoms with Gasteiger partial charge in [0.05, 0.1) is 11.9 Å². The standard InChI is InChI=1S/C18H14ClFN4O3/c19-12-5-11(6-13(20)7-12)9-23-16(25)18(27)3-4-24(17(18)26)15-2-1-14(8-21)22-10-15/h1-2,5-7,10,27H,3-4,9H2,(H,23,25). The fourth-order valence-corrected chi connectivity index (χ4v) is 3.06. The predicted octanol–water partition coefficient (Wildman–Crippen LogP) is 1.53. The molecule has 1 atom stereocenters. The van der Waals surface area contributed by atoms with Crippen molar-refractivity contribution in [2.24, 2.45) is 0 Å². The lowest BCUT2D eigenvalue weighted by Gasteiger charge is -2.21. The smallest absolute Gasteiger partial charge is 0.268 e. The van der Waals surface area contributed by atoms with Crippen molar-refractivity contribution in [3.63, 3.8) is 0 Å². The second kappa shape index (κ2) is 7.31. The number of aliphatic hydroxyl groups is 1. The number of hydrogen-bond acceptors (Lipinski definition) is 5. The molecule has 0 radical (unpaired) electrons. The SMILES string of the molecule is N#Cc1ccc(N2CCC(O)(C(=O)NCc3cc(F)cc(Cl)c3)C2=O)cn1. The van der Waals surface area contributed by atoms with Gasteiger partial charge in [0.15, 0.2) is 0 Å². The van der Waals surface area contributed by atoms with Gasteiger partial charge in [0, 0.05) is 24.5 Å². The molecule has 1 aromatic carbocycles. The van der Waals surface area contributed by atoms with E-state index in [2.05, 4.69) is 10.3 Å². The van der Waals surface area contributed by atoms with Gasteiger partial charge >= 0.3 is 0 Å². The van der Waals surface area contributed by atoms with Gasteiger partial charge in [-0.25, -0.2) is 9.37 Å². The number of anilines is 1. The zero-order valence-corrected chi connectivity index (χ0v) is 14.7. The molecule has 3 rings (SSSR count). The number of aromatic nitrogens is 1. The Morgan fingerprint density at radius 1 is 1.44 bits per heavy atom. The molecule has 2 N–H and O–H groups in total. The van der Waals surface area contributed by atoms with Gasteiger partial charge in [0.2, 0.25) is 5.60 Å². The summed E-state index contributed by atoms with van der Waals surface area (Å²) in [6.07, 6.45) is 1.22. The quantitative estimate of drug-likeness (QED) is 0.772. The summed E-state index contributed by atoms with van der Waals surface area (Å²) < 4.78 is 13.4. The van der Waals surface area contributed by atoms with Crippen molar-refractivity contribution in [2.45, 2.75) is 18.6 Å². The van der Waals surface area contributed by atoms with Crippen LogP contribution in [0.1, 0.15) is 17.7 Å². The molecule has 9 heteroatoms. The summed E-state index contributed by atoms with van der Waals surface area (Å²) in [7, 11) is 0. The molecule has 1 saturated heterocycles. The Balaban J connectivity index is 1.70. The third-order valence-corrected chi connectivity index (χ3v) is 4.44. The molecule has 2 amide bonds. The Labute approximate surface area is 159 Å². The van der Waals surface area contributed by atoms with Crippen molar-refractivity contribution >= 4 is 29.1 Å². The fraction of sp³-hybridized carbons (Fsp3) is 0.222. The first-order chi connectivity index (χ1) is 12.8. The minimum atomic E-state index is -2.23. The largest absolute Gasteiger partial charge is 0.372 e. The summed E-state index contributed by atoms with van der Waals surface area (Å²) in [5, 5.41) is 22.0. The number of pyridine rings is 1. The third-order valence-electron chi connectivity index (χ3n) is 4.22. The van der Waals surface area contributed by atoms with Crippen LogP contribution in [-0.2, 0) is 16.1 Å². The molecule has 138 valence electrons. The van der Waals surface area contributed by atoms with E-state index in [9.17, 15) is 19.1 Å². The van der Waals surface area contributed by atoms with E-state index in [0.29, 0.717) is 11.3 Å². The minimum Gasteiger partial charge on any atom is -0.372 e. The zero-order valence-electron chi connectivity index (χ0n) is 13.9. The molecule has 1 fully saturated rings. The molecular weight excluding hydrogens is 375 g/mol. The van der Waals surface area contributed by atoms with Crippen LogP contribution in [0.4, 0.5) is 10.1 Å². The first kappa shape index (κ1) is 18.8. The maximum absolute atomic E-state index is 13.4. The van der Waals surface area contributed by atoms with Gasteiger partial charge in [-0.3, -0.25) is 9.59 Å². The number of rotatable bonds is 4. The maximum atomic E-state index is 13.4. The molecule has 1 aliphatic heterocycles. The van der Waals surface area contributed by atoms with Gasteiger partial charge in [-0.2, -0.15) is 5.26 Å². The number of amides is 2. The highest BCUT2D eigenvalue weighted by Gasteiger charge is 2.51. The number of halogens is 2. The summed E-state index contributed by atoms with van der Waals surface area (Å²) in [5.41, 5.74) is -1.27. The molecule has 2 heterocycles. The normalized spacial score (nSPS) is 19.0. The van der Waals surface area contributed by atoms with E-state index in [1.807, 2.05) is 6.07 Å². The maximum Gasteiger partial charge on any atom is 0.268 e. The van der Waals surface area contributed by atoms with Crippen molar-refractivity contribution in [2.75, 3.05) is 11.4 Å². The number of nitrogens with zero attached hydrogens (tertiary/aromatic N) is 3. The van der Waals surface area contributed by atoms with Crippen LogP contribution in [0, 0.1) is 17.1 Å². The fourth-order valence-electron chi connectivity index (χ4n) is 2.82. The van der Waals surface area contributed by atoms with E-state index in [0.717, 1.165) is 6.07 Å². The van der Waals surface area contributed by atoms with Crippen molar-refractivity contribution in [1.82, 2.24) is 10.3 Å². The Bertz CT molecular complexity index is 924. The zero-order chi connectivity index (χ0) is 19.6. The average Bonchev–Trinajstić information content (AvgIpc) is 2.95. The molecule has 0 saturated carbocycles.